The highest BCUT2D eigenvalue weighted by Crippen LogP contribution is 2.55. The van der Waals surface area contributed by atoms with Gasteiger partial charge in [-0.2, -0.15) is 0 Å². The van der Waals surface area contributed by atoms with Crippen LogP contribution in [-0.2, 0) is 0 Å². The van der Waals surface area contributed by atoms with Gasteiger partial charge in [0.1, 0.15) is 58.7 Å². The van der Waals surface area contributed by atoms with E-state index in [-0.39, 0.29) is 12.3 Å². The van der Waals surface area contributed by atoms with Crippen molar-refractivity contribution in [2.45, 2.75) is 173 Å². The van der Waals surface area contributed by atoms with Crippen molar-refractivity contribution in [3.63, 3.8) is 0 Å². The normalized spacial score (nSPS) is 18.8. The number of fused-ring (bicyclic) bond motifs is 20. The molecule has 22 nitrogen and oxygen atoms in total. The zero-order valence-electron chi connectivity index (χ0n) is 89.4. The minimum absolute atomic E-state index is 0.0603. The first kappa shape index (κ1) is 72.6. The summed E-state index contributed by atoms with van der Waals surface area (Å²) in [4.78, 5) is 50.2. The van der Waals surface area contributed by atoms with E-state index in [1.54, 1.807) is 42.1 Å². The number of aryl methyl sites for hydroxylation is 5. The fourth-order valence-corrected chi connectivity index (χ4v) is 20.0. The highest BCUT2D eigenvalue weighted by atomic mass is 16.3. The average molecular weight is 1780 g/mol. The standard InChI is InChI=1S/2C23H23N3O.C22H22N4O.C21H19N3O.C20H18N4O.C2H6/c2*1-14(2)25-16(4)26(19-9-7-13-24-23(19)25)21-15(3)11-12-18-17-8-5-6-10-20(17)27-22(18)21;1-13(2)25-15(4)26(22-21(25)23-11-12-24-22)19-14(3)9-10-17-16-7-5-6-8-18(16)27-20(17)19;1-13-10-11-16-15-7-4-5-9-18(15)25-20(16)19(13)24-14(2)23(3)21-17(24)8-6-12-22-21;1-12-8-9-15-14-6-4-5-7-16(14)25-18(15)17(12)24-13(2)23(3)19-20(24)22-11-10-21-19;1-2/h2*5-14,16H,1-4H3;5-13,15H,1-4H3;4-12,14H,1-3H3;4-11,13H,1-3H3;1-2H3/i1D3,14D;14D;13D;2*3D3;. The van der Waals surface area contributed by atoms with E-state index in [9.17, 15) is 0 Å². The van der Waals surface area contributed by atoms with Crippen LogP contribution in [0.2, 0.25) is 0 Å². The van der Waals surface area contributed by atoms with Gasteiger partial charge in [0.2, 0.25) is 0 Å². The third kappa shape index (κ3) is 14.0. The van der Waals surface area contributed by atoms with E-state index in [1.807, 2.05) is 254 Å². The Morgan fingerprint density at radius 2 is 0.504 bits per heavy atom. The van der Waals surface area contributed by atoms with Gasteiger partial charge in [0.25, 0.3) is 0 Å². The lowest BCUT2D eigenvalue weighted by Crippen LogP contribution is -2.42. The zero-order valence-corrected chi connectivity index (χ0v) is 77.4. The van der Waals surface area contributed by atoms with Crippen molar-refractivity contribution in [2.75, 3.05) is 63.0 Å². The van der Waals surface area contributed by atoms with Gasteiger partial charge >= 0.3 is 0 Å². The van der Waals surface area contributed by atoms with E-state index < -0.39 is 57.4 Å². The Kier molecular flexibility index (Phi) is 18.7. The Morgan fingerprint density at radius 3 is 0.842 bits per heavy atom. The number of para-hydroxylation sites is 5. The van der Waals surface area contributed by atoms with Crippen molar-refractivity contribution in [2.24, 2.45) is 0 Å². The van der Waals surface area contributed by atoms with E-state index in [4.69, 9.17) is 38.5 Å². The predicted molar refractivity (Wildman–Crippen MR) is 548 cm³/mol. The van der Waals surface area contributed by atoms with Crippen LogP contribution >= 0.6 is 0 Å². The molecule has 15 heterocycles. The lowest BCUT2D eigenvalue weighted by atomic mass is 10.1. The summed E-state index contributed by atoms with van der Waals surface area (Å²) < 4.78 is 129. The molecule has 0 amide bonds. The molecule has 5 aliphatic rings. The molecule has 6 atom stereocenters. The van der Waals surface area contributed by atoms with Crippen LogP contribution < -0.4 is 49.0 Å². The number of pyridine rings is 3. The summed E-state index contributed by atoms with van der Waals surface area (Å²) in [7, 11) is 0. The molecule has 10 aromatic carbocycles. The second-order valence-corrected chi connectivity index (χ2v) is 34.3. The van der Waals surface area contributed by atoms with Gasteiger partial charge in [-0.25, -0.2) is 34.9 Å². The Morgan fingerprint density at radius 1 is 0.256 bits per heavy atom. The fourth-order valence-electron chi connectivity index (χ4n) is 20.0. The average Bonchev–Trinajstić information content (AvgIpc) is 1.50. The number of aromatic nitrogens is 7. The minimum atomic E-state index is -2.52. The number of rotatable bonds is 8. The second-order valence-electron chi connectivity index (χ2n) is 34.3. The molecule has 5 aliphatic heterocycles. The van der Waals surface area contributed by atoms with E-state index in [0.717, 1.165) is 200 Å². The maximum atomic E-state index is 8.77. The van der Waals surface area contributed by atoms with E-state index in [2.05, 4.69) is 144 Å². The van der Waals surface area contributed by atoms with Crippen LogP contribution in [0.25, 0.3) is 110 Å². The highest BCUT2D eigenvalue weighted by Gasteiger charge is 2.44. The Balaban J connectivity index is 0.000000110. The molecule has 0 bridgehead atoms. The fraction of sp³-hybridized carbons (Fsp3) is 0.252. The molecular formula is C111H111N17O5. The summed E-state index contributed by atoms with van der Waals surface area (Å²) in [5.41, 5.74) is 20.4. The number of hydrogen-bond acceptors (Lipinski definition) is 22. The smallest absolute Gasteiger partial charge is 0.178 e. The van der Waals surface area contributed by atoms with Crippen LogP contribution in [0.1, 0.15) is 134 Å². The second kappa shape index (κ2) is 34.3. The molecule has 0 saturated carbocycles. The molecule has 0 aliphatic carbocycles. The molecular weight excluding hydrogens is 1650 g/mol. The molecule has 20 aromatic rings. The number of nitrogens with zero attached hydrogens (tertiary/aromatic N) is 17. The van der Waals surface area contributed by atoms with Crippen LogP contribution in [0.15, 0.2) is 284 Å². The molecule has 0 spiro atoms. The zero-order chi connectivity index (χ0) is 103. The first-order valence-electron chi connectivity index (χ1n) is 51.1. The molecule has 0 fully saturated rings. The molecule has 133 heavy (non-hydrogen) atoms. The first-order chi connectivity index (χ1) is 69.1. The lowest BCUT2D eigenvalue weighted by Gasteiger charge is -2.33. The molecule has 0 N–H and O–H groups in total. The van der Waals surface area contributed by atoms with Gasteiger partial charge in [-0.05, 0) is 205 Å². The number of hydrogen-bond donors (Lipinski definition) is 0. The van der Waals surface area contributed by atoms with Gasteiger partial charge in [-0.1, -0.05) is 166 Å². The van der Waals surface area contributed by atoms with Crippen molar-refractivity contribution in [3.8, 4) is 0 Å². The van der Waals surface area contributed by atoms with Crippen LogP contribution in [-0.4, -0.2) is 97.7 Å². The van der Waals surface area contributed by atoms with Crippen LogP contribution in [0.3, 0.4) is 0 Å². The summed E-state index contributed by atoms with van der Waals surface area (Å²) >= 11 is 0. The van der Waals surface area contributed by atoms with Crippen LogP contribution in [0.4, 0.5) is 86.2 Å². The van der Waals surface area contributed by atoms with Gasteiger partial charge in [0.15, 0.2) is 68.6 Å². The van der Waals surface area contributed by atoms with Gasteiger partial charge in [-0.3, -0.25) is 9.80 Å². The maximum absolute atomic E-state index is 8.77. The van der Waals surface area contributed by atoms with E-state index >= 15 is 0 Å². The maximum Gasteiger partial charge on any atom is 0.178 e. The summed E-state index contributed by atoms with van der Waals surface area (Å²) in [6, 6.07) is 68.8. The largest absolute Gasteiger partial charge is 0.454 e. The Hall–Kier alpha value is -15.2. The van der Waals surface area contributed by atoms with Crippen LogP contribution in [0, 0.1) is 34.6 Å². The number of benzene rings is 10. The molecule has 670 valence electrons. The summed E-state index contributed by atoms with van der Waals surface area (Å²) in [5.74, 6) is 4.12. The van der Waals surface area contributed by atoms with Gasteiger partial charge in [-0.15, -0.1) is 0 Å². The summed E-state index contributed by atoms with van der Waals surface area (Å²) in [6.45, 7) is 25.9. The van der Waals surface area contributed by atoms with Crippen molar-refractivity contribution in [1.82, 2.24) is 34.9 Å². The van der Waals surface area contributed by atoms with Gasteiger partial charge < -0.3 is 61.3 Å². The predicted octanol–water partition coefficient (Wildman–Crippen LogP) is 28.3. The Bertz CT molecular complexity index is 7650. The SMILES string of the molecule is CC.[2H]C(C)(C)N1c2ncccc2N(c2c(C)ccc3c2oc2ccccc23)C1C.[2H]C(C)(C)N1c2nccnc2N(c2c(C)ccc3c2oc2ccccc23)C1C.[2H]C([2H])([2H])C([2H])(C)N1c2ncccc2N(c2c(C)ccc3c2oc2ccccc23)C1C.[2H]C([2H])([2H])N1c2ncccc2N(c2c(C)ccc3c2oc2ccccc23)C1C.[2H]C([2H])([2H])N1c2nccnc2N(c2c(C)ccc3c2oc2ccccc23)C1C. The Labute approximate surface area is 791 Å². The van der Waals surface area contributed by atoms with Gasteiger partial charge in [0, 0.05) is 142 Å². The van der Waals surface area contributed by atoms with Crippen molar-refractivity contribution in [1.29, 1.82) is 0 Å². The number of furan rings is 5. The first-order valence-corrected chi connectivity index (χ1v) is 45.1. The van der Waals surface area contributed by atoms with Crippen LogP contribution in [0.5, 0.6) is 0 Å². The molecule has 0 radical (unpaired) electrons. The molecule has 22 heteroatoms. The topological polar surface area (TPSA) is 188 Å². The third-order valence-corrected chi connectivity index (χ3v) is 25.9. The quantitative estimate of drug-likeness (QED) is 0.140. The van der Waals surface area contributed by atoms with E-state index in [1.165, 1.54) is 22.9 Å². The van der Waals surface area contributed by atoms with Gasteiger partial charge in [0.05, 0.1) is 49.6 Å². The van der Waals surface area contributed by atoms with E-state index in [0.29, 0.717) is 23.3 Å². The highest BCUT2D eigenvalue weighted by molar-refractivity contribution is 6.16. The molecule has 10 aromatic heterocycles. The molecule has 6 unspecified atom stereocenters. The third-order valence-electron chi connectivity index (χ3n) is 25.9. The molecule has 25 rings (SSSR count). The minimum Gasteiger partial charge on any atom is -0.454 e. The summed E-state index contributed by atoms with van der Waals surface area (Å²) in [6.07, 6.45) is 9.96. The summed E-state index contributed by atoms with van der Waals surface area (Å²) in [5, 5.41) is 10.5. The van der Waals surface area contributed by atoms with Crippen molar-refractivity contribution >= 4 is 196 Å². The monoisotopic (exact) mass is 1770 g/mol. The van der Waals surface area contributed by atoms with Crippen molar-refractivity contribution in [3.05, 3.63) is 290 Å². The lowest BCUT2D eigenvalue weighted by molar-refractivity contribution is 0.598. The molecule has 0 saturated heterocycles. The van der Waals surface area contributed by atoms with Crippen molar-refractivity contribution < 1.29 is 38.5 Å². The number of anilines is 15.